The van der Waals surface area contributed by atoms with Crippen LogP contribution in [-0.4, -0.2) is 66.2 Å². The fourth-order valence-electron chi connectivity index (χ4n) is 6.91. The Morgan fingerprint density at radius 2 is 1.47 bits per heavy atom. The van der Waals surface area contributed by atoms with E-state index in [1.165, 1.54) is 12.8 Å². The molecule has 10 nitrogen and oxygen atoms in total. The molecule has 3 aliphatic rings. The summed E-state index contributed by atoms with van der Waals surface area (Å²) < 4.78 is 11.4. The van der Waals surface area contributed by atoms with Gasteiger partial charge in [0.1, 0.15) is 22.9 Å². The number of rotatable bonds is 3. The number of likely N-dealkylation sites (tertiary alicyclic amines) is 2. The van der Waals surface area contributed by atoms with Gasteiger partial charge in [-0.05, 0) is 116 Å². The average Bonchev–Trinajstić information content (AvgIpc) is 3.44. The second-order valence-electron chi connectivity index (χ2n) is 15.8. The summed E-state index contributed by atoms with van der Waals surface area (Å²) in [6, 6.07) is 13.7. The van der Waals surface area contributed by atoms with Gasteiger partial charge >= 0.3 is 12.2 Å². The highest BCUT2D eigenvalue weighted by molar-refractivity contribution is 5.77. The third-order valence-electron chi connectivity index (χ3n) is 9.56. The number of nitrogens with zero attached hydrogens (tertiary/aromatic N) is 4. The molecule has 49 heavy (non-hydrogen) atoms. The van der Waals surface area contributed by atoms with Crippen LogP contribution in [0.4, 0.5) is 9.59 Å². The summed E-state index contributed by atoms with van der Waals surface area (Å²) in [6.07, 6.45) is 7.41. The van der Waals surface area contributed by atoms with Crippen molar-refractivity contribution in [1.29, 1.82) is 0 Å². The molecule has 4 heterocycles. The van der Waals surface area contributed by atoms with E-state index in [0.717, 1.165) is 77.3 Å². The highest BCUT2D eigenvalue weighted by atomic mass is 16.6. The van der Waals surface area contributed by atoms with Crippen LogP contribution in [0.2, 0.25) is 0 Å². The van der Waals surface area contributed by atoms with E-state index in [-0.39, 0.29) is 29.7 Å². The number of aromatic amines is 2. The Kier molecular flexibility index (Phi) is 8.21. The van der Waals surface area contributed by atoms with Crippen molar-refractivity contribution in [3.8, 4) is 23.1 Å². The molecule has 2 aliphatic heterocycles. The number of carbonyl (C=O) groups excluding carboxylic acids is 2. The number of carbonyl (C=O) groups is 2. The minimum atomic E-state index is -0.550. The lowest BCUT2D eigenvalue weighted by Gasteiger charge is -2.39. The molecule has 4 aromatic rings. The third-order valence-corrected chi connectivity index (χ3v) is 9.56. The van der Waals surface area contributed by atoms with Crippen molar-refractivity contribution in [3.05, 3.63) is 71.4 Å². The fourth-order valence-corrected chi connectivity index (χ4v) is 6.91. The average molecular weight is 663 g/mol. The van der Waals surface area contributed by atoms with E-state index in [2.05, 4.69) is 21.8 Å². The van der Waals surface area contributed by atoms with E-state index in [1.807, 2.05) is 95.1 Å². The molecule has 0 radical (unpaired) electrons. The third kappa shape index (κ3) is 7.31. The first-order valence-electron chi connectivity index (χ1n) is 17.4. The maximum absolute atomic E-state index is 13.2. The zero-order chi connectivity index (χ0) is 34.6. The number of aromatic nitrogens is 4. The minimum Gasteiger partial charge on any atom is -0.444 e. The first-order chi connectivity index (χ1) is 23.2. The number of hydrogen-bond donors (Lipinski definition) is 2. The number of ether oxygens (including phenoxy) is 2. The highest BCUT2D eigenvalue weighted by Gasteiger charge is 2.50. The summed E-state index contributed by atoms with van der Waals surface area (Å²) in [4.78, 5) is 46.2. The van der Waals surface area contributed by atoms with Gasteiger partial charge in [0.15, 0.2) is 0 Å². The number of fused-ring (bicyclic) bond motifs is 1. The van der Waals surface area contributed by atoms with Crippen LogP contribution in [0.5, 0.6) is 0 Å². The van der Waals surface area contributed by atoms with Gasteiger partial charge in [-0.1, -0.05) is 24.0 Å². The molecule has 2 N–H and O–H groups in total. The van der Waals surface area contributed by atoms with E-state index < -0.39 is 11.2 Å². The van der Waals surface area contributed by atoms with Crippen LogP contribution >= 0.6 is 0 Å². The molecule has 1 aliphatic carbocycles. The van der Waals surface area contributed by atoms with Gasteiger partial charge in [-0.2, -0.15) is 0 Å². The Hall–Kier alpha value is -4.78. The quantitative estimate of drug-likeness (QED) is 0.213. The van der Waals surface area contributed by atoms with Crippen molar-refractivity contribution < 1.29 is 19.1 Å². The first-order valence-corrected chi connectivity index (χ1v) is 17.4. The van der Waals surface area contributed by atoms with E-state index in [1.54, 1.807) is 4.90 Å². The molecule has 2 saturated heterocycles. The zero-order valence-electron chi connectivity index (χ0n) is 29.4. The summed E-state index contributed by atoms with van der Waals surface area (Å²) in [5.74, 6) is 8.11. The number of piperidine rings is 1. The second kappa shape index (κ2) is 12.3. The molecule has 3 fully saturated rings. The number of hydrogen-bond acceptors (Lipinski definition) is 6. The predicted molar refractivity (Wildman–Crippen MR) is 188 cm³/mol. The van der Waals surface area contributed by atoms with Gasteiger partial charge in [0, 0.05) is 36.0 Å². The first kappa shape index (κ1) is 32.8. The molecular formula is C39H46N6O4. The fraction of sp³-hybridized carbons (Fsp3) is 0.487. The number of benzene rings is 2. The Labute approximate surface area is 288 Å². The van der Waals surface area contributed by atoms with Crippen LogP contribution in [0.25, 0.3) is 22.3 Å². The molecule has 256 valence electrons. The van der Waals surface area contributed by atoms with Crippen LogP contribution in [-0.2, 0) is 9.47 Å². The summed E-state index contributed by atoms with van der Waals surface area (Å²) in [5, 5.41) is 0. The Morgan fingerprint density at radius 1 is 0.816 bits per heavy atom. The van der Waals surface area contributed by atoms with Crippen molar-refractivity contribution in [2.45, 2.75) is 103 Å². The van der Waals surface area contributed by atoms with Crippen molar-refractivity contribution in [2.75, 3.05) is 13.1 Å². The van der Waals surface area contributed by atoms with Crippen LogP contribution in [0.1, 0.15) is 115 Å². The molecule has 2 aromatic carbocycles. The monoisotopic (exact) mass is 662 g/mol. The normalized spacial score (nSPS) is 20.3. The minimum absolute atomic E-state index is 0.134. The molecule has 10 heteroatoms. The Bertz CT molecular complexity index is 1930. The predicted octanol–water partition coefficient (Wildman–Crippen LogP) is 8.28. The van der Waals surface area contributed by atoms with Crippen LogP contribution in [0.15, 0.2) is 48.7 Å². The molecule has 1 saturated carbocycles. The zero-order valence-corrected chi connectivity index (χ0v) is 29.4. The summed E-state index contributed by atoms with van der Waals surface area (Å²) in [6.45, 7) is 12.7. The van der Waals surface area contributed by atoms with E-state index in [9.17, 15) is 9.59 Å². The van der Waals surface area contributed by atoms with Crippen molar-refractivity contribution >= 4 is 23.2 Å². The lowest BCUT2D eigenvalue weighted by molar-refractivity contribution is -0.00131. The lowest BCUT2D eigenvalue weighted by atomic mass is 9.90. The molecule has 2 aromatic heterocycles. The maximum Gasteiger partial charge on any atom is 0.410 e. The van der Waals surface area contributed by atoms with E-state index in [0.29, 0.717) is 6.54 Å². The molecule has 1 spiro atoms. The number of nitrogens with one attached hydrogen (secondary N) is 2. The van der Waals surface area contributed by atoms with Gasteiger partial charge in [-0.15, -0.1) is 0 Å². The van der Waals surface area contributed by atoms with Gasteiger partial charge in [0.25, 0.3) is 0 Å². The van der Waals surface area contributed by atoms with Crippen molar-refractivity contribution in [3.63, 3.8) is 0 Å². The van der Waals surface area contributed by atoms with E-state index in [4.69, 9.17) is 19.4 Å². The standard InChI is InChI=1S/C39H46N6O4/c1-37(2,3)48-35(46)44-21-7-8-31(44)34-41-28-16-13-26(22-29(28)42-34)10-9-25-11-14-27(15-12-25)30-23-40-33(43-30)32-17-18-39(19-20-39)24-45(32)36(47)49-38(4,5)6/h11-16,22-23,31-32H,7-8,17-21,24H2,1-6H3,(H,40,43)(H,41,42)/t31-,32-/m0/s1. The SMILES string of the molecule is CC(C)(C)OC(=O)N1CC2(CC[C@H]1c1nc(-c3ccc(C#Cc4ccc5[nH]c([C@@H]6CCCN6C(=O)OC(C)(C)C)nc5c4)cc3)c[nH]1)CC2. The van der Waals surface area contributed by atoms with Gasteiger partial charge in [0.05, 0.1) is 28.8 Å². The summed E-state index contributed by atoms with van der Waals surface area (Å²) in [5.41, 5.74) is 4.44. The molecular weight excluding hydrogens is 616 g/mol. The van der Waals surface area contributed by atoms with Crippen LogP contribution in [0, 0.1) is 17.3 Å². The summed E-state index contributed by atoms with van der Waals surface area (Å²) in [7, 11) is 0. The molecule has 7 rings (SSSR count). The highest BCUT2D eigenvalue weighted by Crippen LogP contribution is 2.55. The molecule has 0 bridgehead atoms. The van der Waals surface area contributed by atoms with Gasteiger partial charge in [-0.3, -0.25) is 9.80 Å². The Balaban J connectivity index is 1.03. The number of H-pyrrole nitrogens is 2. The maximum atomic E-state index is 13.2. The Morgan fingerprint density at radius 3 is 2.16 bits per heavy atom. The molecule has 0 unspecified atom stereocenters. The molecule has 2 atom stereocenters. The van der Waals surface area contributed by atoms with Gasteiger partial charge < -0.3 is 19.4 Å². The van der Waals surface area contributed by atoms with Crippen LogP contribution < -0.4 is 0 Å². The lowest BCUT2D eigenvalue weighted by Crippen LogP contribution is -2.45. The number of amides is 2. The van der Waals surface area contributed by atoms with E-state index >= 15 is 0 Å². The largest absolute Gasteiger partial charge is 0.444 e. The second-order valence-corrected chi connectivity index (χ2v) is 15.8. The smallest absolute Gasteiger partial charge is 0.410 e. The summed E-state index contributed by atoms with van der Waals surface area (Å²) >= 11 is 0. The van der Waals surface area contributed by atoms with Crippen LogP contribution in [0.3, 0.4) is 0 Å². The molecule has 2 amide bonds. The van der Waals surface area contributed by atoms with Gasteiger partial charge in [0.2, 0.25) is 0 Å². The van der Waals surface area contributed by atoms with Crippen molar-refractivity contribution in [2.24, 2.45) is 5.41 Å². The van der Waals surface area contributed by atoms with Crippen molar-refractivity contribution in [1.82, 2.24) is 29.7 Å². The van der Waals surface area contributed by atoms with Gasteiger partial charge in [-0.25, -0.2) is 19.6 Å². The topological polar surface area (TPSA) is 116 Å². The number of imidazole rings is 2.